The molecule has 0 fully saturated rings. The lowest BCUT2D eigenvalue weighted by Crippen LogP contribution is -2.20. The molecule has 0 radical (unpaired) electrons. The highest BCUT2D eigenvalue weighted by Gasteiger charge is 2.04. The van der Waals surface area contributed by atoms with Gasteiger partial charge in [-0.2, -0.15) is 0 Å². The molecule has 0 spiro atoms. The number of aromatic nitrogens is 1. The van der Waals surface area contributed by atoms with Crippen molar-refractivity contribution >= 4 is 10.9 Å². The van der Waals surface area contributed by atoms with Crippen LogP contribution in [0.15, 0.2) is 53.3 Å². The SMILES string of the molecule is COc1ccc2[nH]c(=O)c(CNCc3ccc(F)cc3)cc2c1. The normalized spacial score (nSPS) is 10.9. The minimum Gasteiger partial charge on any atom is -0.497 e. The van der Waals surface area contributed by atoms with Gasteiger partial charge in [-0.05, 0) is 42.0 Å². The second kappa shape index (κ2) is 6.62. The van der Waals surface area contributed by atoms with Gasteiger partial charge >= 0.3 is 0 Å². The van der Waals surface area contributed by atoms with Gasteiger partial charge in [-0.25, -0.2) is 4.39 Å². The van der Waals surface area contributed by atoms with Crippen LogP contribution in [0.2, 0.25) is 0 Å². The van der Waals surface area contributed by atoms with Crippen molar-refractivity contribution < 1.29 is 9.13 Å². The molecule has 0 amide bonds. The Hall–Kier alpha value is -2.66. The topological polar surface area (TPSA) is 54.1 Å². The van der Waals surface area contributed by atoms with Crippen LogP contribution in [0.4, 0.5) is 4.39 Å². The second-order valence-corrected chi connectivity index (χ2v) is 5.31. The number of fused-ring (bicyclic) bond motifs is 1. The number of hydrogen-bond donors (Lipinski definition) is 2. The van der Waals surface area contributed by atoms with Gasteiger partial charge in [0, 0.05) is 29.6 Å². The highest BCUT2D eigenvalue weighted by molar-refractivity contribution is 5.80. The molecule has 0 saturated carbocycles. The van der Waals surface area contributed by atoms with Crippen LogP contribution in [0, 0.1) is 5.82 Å². The van der Waals surface area contributed by atoms with Gasteiger partial charge < -0.3 is 15.0 Å². The smallest absolute Gasteiger partial charge is 0.252 e. The summed E-state index contributed by atoms with van der Waals surface area (Å²) < 4.78 is 18.1. The molecular formula is C18H17FN2O2. The summed E-state index contributed by atoms with van der Waals surface area (Å²) in [7, 11) is 1.61. The van der Waals surface area contributed by atoms with Gasteiger partial charge in [0.25, 0.3) is 5.56 Å². The number of H-pyrrole nitrogens is 1. The Bertz CT molecular complexity index is 872. The monoisotopic (exact) mass is 312 g/mol. The van der Waals surface area contributed by atoms with Gasteiger partial charge in [0.2, 0.25) is 0 Å². The first-order chi connectivity index (χ1) is 11.2. The third-order valence-corrected chi connectivity index (χ3v) is 3.69. The van der Waals surface area contributed by atoms with Crippen LogP contribution >= 0.6 is 0 Å². The summed E-state index contributed by atoms with van der Waals surface area (Å²) in [4.78, 5) is 15.0. The van der Waals surface area contributed by atoms with Crippen molar-refractivity contribution in [3.8, 4) is 5.75 Å². The molecule has 3 aromatic rings. The number of benzene rings is 2. The average molecular weight is 312 g/mol. The Morgan fingerprint density at radius 3 is 2.61 bits per heavy atom. The zero-order valence-corrected chi connectivity index (χ0v) is 12.7. The summed E-state index contributed by atoms with van der Waals surface area (Å²) in [6, 6.07) is 13.7. The highest BCUT2D eigenvalue weighted by atomic mass is 19.1. The molecule has 2 N–H and O–H groups in total. The molecule has 3 rings (SSSR count). The van der Waals surface area contributed by atoms with E-state index in [4.69, 9.17) is 4.74 Å². The van der Waals surface area contributed by atoms with E-state index in [1.54, 1.807) is 19.2 Å². The lowest BCUT2D eigenvalue weighted by atomic mass is 10.1. The van der Waals surface area contributed by atoms with E-state index in [-0.39, 0.29) is 11.4 Å². The molecule has 118 valence electrons. The summed E-state index contributed by atoms with van der Waals surface area (Å²) in [5, 5.41) is 4.12. The number of rotatable bonds is 5. The van der Waals surface area contributed by atoms with Crippen LogP contribution in [-0.2, 0) is 13.1 Å². The predicted molar refractivity (Wildman–Crippen MR) is 88.1 cm³/mol. The zero-order chi connectivity index (χ0) is 16.2. The van der Waals surface area contributed by atoms with Gasteiger partial charge in [0.05, 0.1) is 7.11 Å². The largest absolute Gasteiger partial charge is 0.497 e. The summed E-state index contributed by atoms with van der Waals surface area (Å²) >= 11 is 0. The van der Waals surface area contributed by atoms with Crippen molar-refractivity contribution in [3.63, 3.8) is 0 Å². The Labute approximate surface area is 132 Å². The molecule has 2 aromatic carbocycles. The number of ether oxygens (including phenoxy) is 1. The molecular weight excluding hydrogens is 295 g/mol. The molecule has 0 aliphatic heterocycles. The van der Waals surface area contributed by atoms with Gasteiger partial charge in [0.15, 0.2) is 0 Å². The first-order valence-electron chi connectivity index (χ1n) is 7.31. The number of aromatic amines is 1. The van der Waals surface area contributed by atoms with Crippen molar-refractivity contribution in [2.45, 2.75) is 13.1 Å². The Balaban J connectivity index is 1.75. The van der Waals surface area contributed by atoms with Crippen molar-refractivity contribution in [2.75, 3.05) is 7.11 Å². The maximum atomic E-state index is 12.9. The molecule has 0 saturated heterocycles. The number of halogens is 1. The Kier molecular flexibility index (Phi) is 4.39. The highest BCUT2D eigenvalue weighted by Crippen LogP contribution is 2.18. The lowest BCUT2D eigenvalue weighted by molar-refractivity contribution is 0.415. The molecule has 0 unspecified atom stereocenters. The molecule has 1 heterocycles. The Morgan fingerprint density at radius 2 is 1.87 bits per heavy atom. The Morgan fingerprint density at radius 1 is 1.09 bits per heavy atom. The molecule has 1 aromatic heterocycles. The fourth-order valence-electron chi connectivity index (χ4n) is 2.43. The third kappa shape index (κ3) is 3.57. The van der Waals surface area contributed by atoms with E-state index in [1.807, 2.05) is 24.3 Å². The number of pyridine rings is 1. The average Bonchev–Trinajstić information content (AvgIpc) is 2.56. The van der Waals surface area contributed by atoms with Gasteiger partial charge in [-0.15, -0.1) is 0 Å². The minimum absolute atomic E-state index is 0.116. The lowest BCUT2D eigenvalue weighted by Gasteiger charge is -2.07. The molecule has 0 atom stereocenters. The third-order valence-electron chi connectivity index (χ3n) is 3.69. The number of methoxy groups -OCH3 is 1. The predicted octanol–water partition coefficient (Wildman–Crippen LogP) is 2.97. The molecule has 0 bridgehead atoms. The maximum Gasteiger partial charge on any atom is 0.252 e. The molecule has 5 heteroatoms. The van der Waals surface area contributed by atoms with Crippen molar-refractivity contribution in [1.29, 1.82) is 0 Å². The molecule has 0 aliphatic carbocycles. The zero-order valence-electron chi connectivity index (χ0n) is 12.7. The molecule has 23 heavy (non-hydrogen) atoms. The number of nitrogens with one attached hydrogen (secondary N) is 2. The van der Waals surface area contributed by atoms with Crippen LogP contribution in [-0.4, -0.2) is 12.1 Å². The quantitative estimate of drug-likeness (QED) is 0.761. The van der Waals surface area contributed by atoms with E-state index in [0.29, 0.717) is 18.7 Å². The van der Waals surface area contributed by atoms with Crippen molar-refractivity contribution in [1.82, 2.24) is 10.3 Å². The van der Waals surface area contributed by atoms with Crippen molar-refractivity contribution in [2.24, 2.45) is 0 Å². The van der Waals surface area contributed by atoms with Crippen LogP contribution < -0.4 is 15.6 Å². The van der Waals surface area contributed by atoms with E-state index in [9.17, 15) is 9.18 Å². The van der Waals surface area contributed by atoms with Crippen LogP contribution in [0.1, 0.15) is 11.1 Å². The van der Waals surface area contributed by atoms with E-state index in [2.05, 4.69) is 10.3 Å². The van der Waals surface area contributed by atoms with Crippen molar-refractivity contribution in [3.05, 3.63) is 75.8 Å². The molecule has 4 nitrogen and oxygen atoms in total. The fraction of sp³-hybridized carbons (Fsp3) is 0.167. The first kappa shape index (κ1) is 15.2. The van der Waals surface area contributed by atoms with E-state index >= 15 is 0 Å². The van der Waals surface area contributed by atoms with Gasteiger partial charge in [-0.3, -0.25) is 4.79 Å². The van der Waals surface area contributed by atoms with Crippen LogP contribution in [0.3, 0.4) is 0 Å². The maximum absolute atomic E-state index is 12.9. The van der Waals surface area contributed by atoms with Gasteiger partial charge in [-0.1, -0.05) is 12.1 Å². The summed E-state index contributed by atoms with van der Waals surface area (Å²) in [6.45, 7) is 0.996. The standard InChI is InChI=1S/C18H17FN2O2/c1-23-16-6-7-17-13(9-16)8-14(18(22)21-17)11-20-10-12-2-4-15(19)5-3-12/h2-9,20H,10-11H2,1H3,(H,21,22). The molecule has 0 aliphatic rings. The first-order valence-corrected chi connectivity index (χ1v) is 7.31. The second-order valence-electron chi connectivity index (χ2n) is 5.31. The number of hydrogen-bond acceptors (Lipinski definition) is 3. The minimum atomic E-state index is -0.256. The van der Waals surface area contributed by atoms with Crippen LogP contribution in [0.5, 0.6) is 5.75 Å². The van der Waals surface area contributed by atoms with E-state index < -0.39 is 0 Å². The van der Waals surface area contributed by atoms with Gasteiger partial charge in [0.1, 0.15) is 11.6 Å². The fourth-order valence-corrected chi connectivity index (χ4v) is 2.43. The van der Waals surface area contributed by atoms with Crippen LogP contribution in [0.25, 0.3) is 10.9 Å². The summed E-state index contributed by atoms with van der Waals surface area (Å²) in [5.41, 5.74) is 2.27. The van der Waals surface area contributed by atoms with E-state index in [0.717, 1.165) is 22.2 Å². The van der Waals surface area contributed by atoms with E-state index in [1.165, 1.54) is 12.1 Å². The summed E-state index contributed by atoms with van der Waals surface area (Å²) in [6.07, 6.45) is 0. The summed E-state index contributed by atoms with van der Waals surface area (Å²) in [5.74, 6) is 0.489.